The van der Waals surface area contributed by atoms with Crippen molar-refractivity contribution in [3.8, 4) is 5.75 Å². The molecule has 0 bridgehead atoms. The van der Waals surface area contributed by atoms with Gasteiger partial charge in [-0.2, -0.15) is 0 Å². The van der Waals surface area contributed by atoms with E-state index in [0.29, 0.717) is 17.5 Å². The molecule has 0 radical (unpaired) electrons. The molecule has 2 amide bonds. The second-order valence-corrected chi connectivity index (χ2v) is 5.94. The molecule has 0 saturated heterocycles. The van der Waals surface area contributed by atoms with Gasteiger partial charge < -0.3 is 15.0 Å². The SMILES string of the molecule is CC(=O)N(CC(=O)Nc1ccc(OC(C)C)cc1)c1ccc(F)cc1F. The Morgan fingerprint density at radius 2 is 1.77 bits per heavy atom. The van der Waals surface area contributed by atoms with E-state index in [9.17, 15) is 18.4 Å². The maximum absolute atomic E-state index is 13.9. The number of nitrogens with one attached hydrogen (secondary N) is 1. The third kappa shape index (κ3) is 5.27. The van der Waals surface area contributed by atoms with E-state index < -0.39 is 30.0 Å². The first-order valence-corrected chi connectivity index (χ1v) is 8.06. The van der Waals surface area contributed by atoms with Crippen LogP contribution in [0, 0.1) is 11.6 Å². The van der Waals surface area contributed by atoms with E-state index in [1.165, 1.54) is 6.92 Å². The van der Waals surface area contributed by atoms with Gasteiger partial charge in [0.1, 0.15) is 23.9 Å². The summed E-state index contributed by atoms with van der Waals surface area (Å²) in [5, 5.41) is 2.62. The number of carbonyl (C=O) groups excluding carboxylic acids is 2. The summed E-state index contributed by atoms with van der Waals surface area (Å²) in [5.74, 6) is -2.06. The first-order valence-electron chi connectivity index (χ1n) is 8.06. The summed E-state index contributed by atoms with van der Waals surface area (Å²) in [4.78, 5) is 24.9. The molecule has 0 fully saturated rings. The van der Waals surface area contributed by atoms with Crippen molar-refractivity contribution in [3.63, 3.8) is 0 Å². The largest absolute Gasteiger partial charge is 0.491 e. The molecule has 2 rings (SSSR count). The number of rotatable bonds is 6. The van der Waals surface area contributed by atoms with Crippen molar-refractivity contribution in [2.45, 2.75) is 26.9 Å². The van der Waals surface area contributed by atoms with Gasteiger partial charge in [-0.05, 0) is 50.2 Å². The molecular weight excluding hydrogens is 342 g/mol. The third-order valence-corrected chi connectivity index (χ3v) is 3.39. The summed E-state index contributed by atoms with van der Waals surface area (Å²) in [6.07, 6.45) is 0.0326. The van der Waals surface area contributed by atoms with Gasteiger partial charge in [0.05, 0.1) is 11.8 Å². The number of benzene rings is 2. The molecule has 0 unspecified atom stereocenters. The van der Waals surface area contributed by atoms with Gasteiger partial charge in [-0.25, -0.2) is 8.78 Å². The number of ether oxygens (including phenoxy) is 1. The molecule has 5 nitrogen and oxygen atoms in total. The van der Waals surface area contributed by atoms with Crippen LogP contribution in [0.2, 0.25) is 0 Å². The van der Waals surface area contributed by atoms with E-state index in [-0.39, 0.29) is 11.8 Å². The average molecular weight is 362 g/mol. The molecule has 1 N–H and O–H groups in total. The highest BCUT2D eigenvalue weighted by molar-refractivity contribution is 6.01. The van der Waals surface area contributed by atoms with Gasteiger partial charge in [-0.15, -0.1) is 0 Å². The van der Waals surface area contributed by atoms with Gasteiger partial charge in [0, 0.05) is 18.7 Å². The summed E-state index contributed by atoms with van der Waals surface area (Å²) in [6.45, 7) is 4.61. The number of halogens is 2. The van der Waals surface area contributed by atoms with E-state index in [2.05, 4.69) is 5.32 Å². The van der Waals surface area contributed by atoms with Crippen LogP contribution in [0.3, 0.4) is 0 Å². The van der Waals surface area contributed by atoms with Gasteiger partial charge >= 0.3 is 0 Å². The van der Waals surface area contributed by atoms with Gasteiger partial charge in [-0.1, -0.05) is 0 Å². The zero-order chi connectivity index (χ0) is 19.3. The Morgan fingerprint density at radius 1 is 1.12 bits per heavy atom. The van der Waals surface area contributed by atoms with E-state index in [4.69, 9.17) is 4.74 Å². The lowest BCUT2D eigenvalue weighted by atomic mass is 10.2. The molecule has 7 heteroatoms. The smallest absolute Gasteiger partial charge is 0.244 e. The Labute approximate surface area is 150 Å². The molecule has 138 valence electrons. The molecule has 2 aromatic carbocycles. The molecule has 26 heavy (non-hydrogen) atoms. The minimum atomic E-state index is -0.914. The van der Waals surface area contributed by atoms with Crippen LogP contribution in [-0.4, -0.2) is 24.5 Å². The Balaban J connectivity index is 2.07. The normalized spacial score (nSPS) is 10.5. The van der Waals surface area contributed by atoms with E-state index >= 15 is 0 Å². The van der Waals surface area contributed by atoms with Gasteiger partial charge in [0.15, 0.2) is 0 Å². The Bertz CT molecular complexity index is 792. The Morgan fingerprint density at radius 3 is 2.31 bits per heavy atom. The van der Waals surface area contributed by atoms with Crippen molar-refractivity contribution in [1.82, 2.24) is 0 Å². The van der Waals surface area contributed by atoms with Crippen LogP contribution in [0.25, 0.3) is 0 Å². The Hall–Kier alpha value is -2.96. The van der Waals surface area contributed by atoms with Crippen LogP contribution in [-0.2, 0) is 9.59 Å². The quantitative estimate of drug-likeness (QED) is 0.852. The highest BCUT2D eigenvalue weighted by Crippen LogP contribution is 2.21. The number of anilines is 2. The monoisotopic (exact) mass is 362 g/mol. The lowest BCUT2D eigenvalue weighted by Gasteiger charge is -2.21. The van der Waals surface area contributed by atoms with E-state index in [1.807, 2.05) is 13.8 Å². The molecule has 0 spiro atoms. The molecule has 0 atom stereocenters. The van der Waals surface area contributed by atoms with Gasteiger partial charge in [-0.3, -0.25) is 9.59 Å². The molecule has 0 heterocycles. The maximum Gasteiger partial charge on any atom is 0.244 e. The minimum absolute atomic E-state index is 0.0326. The van der Waals surface area contributed by atoms with Crippen LogP contribution >= 0.6 is 0 Å². The third-order valence-electron chi connectivity index (χ3n) is 3.39. The number of hydrogen-bond acceptors (Lipinski definition) is 3. The van der Waals surface area contributed by atoms with Crippen LogP contribution in [0.5, 0.6) is 5.75 Å². The van der Waals surface area contributed by atoms with Crippen LogP contribution < -0.4 is 15.0 Å². The lowest BCUT2D eigenvalue weighted by molar-refractivity contribution is -0.120. The number of nitrogens with zero attached hydrogens (tertiary/aromatic N) is 1. The fourth-order valence-corrected chi connectivity index (χ4v) is 2.30. The van der Waals surface area contributed by atoms with E-state index in [1.54, 1.807) is 24.3 Å². The lowest BCUT2D eigenvalue weighted by Crippen LogP contribution is -2.37. The fourth-order valence-electron chi connectivity index (χ4n) is 2.30. The second kappa shape index (κ2) is 8.42. The predicted octanol–water partition coefficient (Wildman–Crippen LogP) is 3.74. The summed E-state index contributed by atoms with van der Waals surface area (Å²) in [5.41, 5.74) is 0.351. The van der Waals surface area contributed by atoms with Crippen LogP contribution in [0.1, 0.15) is 20.8 Å². The summed E-state index contributed by atoms with van der Waals surface area (Å²) in [7, 11) is 0. The van der Waals surface area contributed by atoms with Crippen molar-refractivity contribution < 1.29 is 23.1 Å². The zero-order valence-electron chi connectivity index (χ0n) is 14.8. The fraction of sp³-hybridized carbons (Fsp3) is 0.263. The minimum Gasteiger partial charge on any atom is -0.491 e. The van der Waals surface area contributed by atoms with Crippen molar-refractivity contribution in [2.24, 2.45) is 0 Å². The summed E-state index contributed by atoms with van der Waals surface area (Å²) >= 11 is 0. The first-order chi connectivity index (χ1) is 12.3. The maximum atomic E-state index is 13.9. The van der Waals surface area contributed by atoms with Crippen molar-refractivity contribution in [2.75, 3.05) is 16.8 Å². The van der Waals surface area contributed by atoms with Crippen LogP contribution in [0.15, 0.2) is 42.5 Å². The van der Waals surface area contributed by atoms with Gasteiger partial charge in [0.25, 0.3) is 0 Å². The van der Waals surface area contributed by atoms with Crippen molar-refractivity contribution in [3.05, 3.63) is 54.1 Å². The highest BCUT2D eigenvalue weighted by Gasteiger charge is 2.19. The first kappa shape index (κ1) is 19.4. The van der Waals surface area contributed by atoms with Crippen molar-refractivity contribution in [1.29, 1.82) is 0 Å². The van der Waals surface area contributed by atoms with Crippen molar-refractivity contribution >= 4 is 23.2 Å². The molecule has 0 aliphatic heterocycles. The predicted molar refractivity (Wildman–Crippen MR) is 95.2 cm³/mol. The average Bonchev–Trinajstić information content (AvgIpc) is 2.54. The van der Waals surface area contributed by atoms with E-state index in [0.717, 1.165) is 17.0 Å². The molecule has 0 aliphatic carbocycles. The number of amides is 2. The Kier molecular flexibility index (Phi) is 6.27. The standard InChI is InChI=1S/C19H20F2N2O3/c1-12(2)26-16-7-5-15(6-8-16)22-19(25)11-23(13(3)24)18-9-4-14(20)10-17(18)21/h4-10,12H,11H2,1-3H3,(H,22,25). The number of carbonyl (C=O) groups is 2. The topological polar surface area (TPSA) is 58.6 Å². The molecule has 0 aromatic heterocycles. The second-order valence-electron chi connectivity index (χ2n) is 5.94. The summed E-state index contributed by atoms with van der Waals surface area (Å²) < 4.78 is 32.5. The zero-order valence-corrected chi connectivity index (χ0v) is 14.8. The molecule has 0 saturated carbocycles. The van der Waals surface area contributed by atoms with Gasteiger partial charge in [0.2, 0.25) is 11.8 Å². The van der Waals surface area contributed by atoms with Crippen LogP contribution in [0.4, 0.5) is 20.2 Å². The summed E-state index contributed by atoms with van der Waals surface area (Å²) in [6, 6.07) is 9.54. The molecule has 0 aliphatic rings. The molecule has 2 aromatic rings. The highest BCUT2D eigenvalue weighted by atomic mass is 19.1. The molecular formula is C19H20F2N2O3. The number of hydrogen-bond donors (Lipinski definition) is 1.